The van der Waals surface area contributed by atoms with E-state index in [0.29, 0.717) is 17.9 Å². The van der Waals surface area contributed by atoms with Crippen molar-refractivity contribution in [3.8, 4) is 5.75 Å². The van der Waals surface area contributed by atoms with Gasteiger partial charge in [0, 0.05) is 18.7 Å². The van der Waals surface area contributed by atoms with Crippen LogP contribution in [0.1, 0.15) is 34.6 Å². The highest BCUT2D eigenvalue weighted by molar-refractivity contribution is 6.99. The summed E-state index contributed by atoms with van der Waals surface area (Å²) in [6, 6.07) is 7.35. The quantitative estimate of drug-likeness (QED) is 0.871. The van der Waals surface area contributed by atoms with E-state index in [2.05, 4.69) is 8.75 Å². The Morgan fingerprint density at radius 1 is 1.33 bits per heavy atom. The third kappa shape index (κ3) is 3.21. The Labute approximate surface area is 127 Å². The van der Waals surface area contributed by atoms with Gasteiger partial charge < -0.3 is 9.64 Å². The summed E-state index contributed by atoms with van der Waals surface area (Å²) >= 11 is 1.19. The number of likely N-dealkylation sites (tertiary alicyclic amines) is 1. The Bertz CT molecular complexity index is 635. The van der Waals surface area contributed by atoms with Crippen molar-refractivity contribution >= 4 is 17.6 Å². The Hall–Kier alpha value is -1.95. The fourth-order valence-corrected chi connectivity index (χ4v) is 2.91. The van der Waals surface area contributed by atoms with Crippen LogP contribution >= 0.6 is 11.7 Å². The molecule has 1 fully saturated rings. The molecule has 110 valence electrons. The first-order chi connectivity index (χ1) is 10.2. The van der Waals surface area contributed by atoms with Crippen LogP contribution in [0.5, 0.6) is 5.75 Å². The zero-order chi connectivity index (χ0) is 14.7. The van der Waals surface area contributed by atoms with Gasteiger partial charge in [0.25, 0.3) is 5.91 Å². The van der Waals surface area contributed by atoms with Gasteiger partial charge in [0.05, 0.1) is 17.4 Å². The Balaban J connectivity index is 1.68. The van der Waals surface area contributed by atoms with Crippen molar-refractivity contribution < 1.29 is 9.53 Å². The number of carbonyl (C=O) groups is 1. The van der Waals surface area contributed by atoms with Crippen LogP contribution in [0.25, 0.3) is 0 Å². The number of aryl methyl sites for hydroxylation is 1. The molecule has 21 heavy (non-hydrogen) atoms. The SMILES string of the molecule is Cc1nsnc1COc1cccc(C(=O)N2CCCC2)c1. The molecule has 0 unspecified atom stereocenters. The van der Waals surface area contributed by atoms with Crippen LogP contribution in [0, 0.1) is 6.92 Å². The Morgan fingerprint density at radius 2 is 2.14 bits per heavy atom. The topological polar surface area (TPSA) is 55.3 Å². The molecule has 0 atom stereocenters. The second-order valence-electron chi connectivity index (χ2n) is 5.11. The van der Waals surface area contributed by atoms with Crippen molar-refractivity contribution in [2.45, 2.75) is 26.4 Å². The minimum atomic E-state index is 0.0875. The second kappa shape index (κ2) is 6.22. The average Bonchev–Trinajstić information content (AvgIpc) is 3.16. The molecule has 0 bridgehead atoms. The number of carbonyl (C=O) groups excluding carboxylic acids is 1. The van der Waals surface area contributed by atoms with Gasteiger partial charge in [-0.2, -0.15) is 8.75 Å². The van der Waals surface area contributed by atoms with E-state index in [4.69, 9.17) is 4.74 Å². The Morgan fingerprint density at radius 3 is 2.86 bits per heavy atom. The summed E-state index contributed by atoms with van der Waals surface area (Å²) in [5.74, 6) is 0.775. The molecule has 2 aromatic rings. The van der Waals surface area contributed by atoms with E-state index in [-0.39, 0.29) is 5.91 Å². The molecule has 1 aliphatic heterocycles. The van der Waals surface area contributed by atoms with Gasteiger partial charge in [-0.05, 0) is 38.0 Å². The fourth-order valence-electron chi connectivity index (χ4n) is 2.35. The van der Waals surface area contributed by atoms with Crippen LogP contribution < -0.4 is 4.74 Å². The highest BCUT2D eigenvalue weighted by Gasteiger charge is 2.19. The molecule has 1 amide bonds. The lowest BCUT2D eigenvalue weighted by atomic mass is 10.2. The van der Waals surface area contributed by atoms with Gasteiger partial charge in [-0.3, -0.25) is 4.79 Å². The first-order valence-corrected chi connectivity index (χ1v) is 7.77. The number of aromatic nitrogens is 2. The predicted octanol–water partition coefficient (Wildman–Crippen LogP) is 2.66. The monoisotopic (exact) mass is 303 g/mol. The van der Waals surface area contributed by atoms with Crippen LogP contribution in [0.2, 0.25) is 0 Å². The first kappa shape index (κ1) is 14.0. The molecular weight excluding hydrogens is 286 g/mol. The number of rotatable bonds is 4. The fraction of sp³-hybridized carbons (Fsp3) is 0.400. The van der Waals surface area contributed by atoms with Crippen LogP contribution in [-0.4, -0.2) is 32.6 Å². The van der Waals surface area contributed by atoms with Gasteiger partial charge in [0.15, 0.2) is 0 Å². The second-order valence-corrected chi connectivity index (χ2v) is 5.64. The third-order valence-electron chi connectivity index (χ3n) is 3.60. The van der Waals surface area contributed by atoms with E-state index in [1.807, 2.05) is 30.0 Å². The van der Waals surface area contributed by atoms with Crippen molar-refractivity contribution in [3.05, 3.63) is 41.2 Å². The number of ether oxygens (including phenoxy) is 1. The normalized spacial score (nSPS) is 14.4. The van der Waals surface area contributed by atoms with Crippen molar-refractivity contribution in [2.24, 2.45) is 0 Å². The summed E-state index contributed by atoms with van der Waals surface area (Å²) < 4.78 is 14.0. The van der Waals surface area contributed by atoms with Crippen molar-refractivity contribution in [3.63, 3.8) is 0 Å². The Kier molecular flexibility index (Phi) is 4.15. The smallest absolute Gasteiger partial charge is 0.253 e. The van der Waals surface area contributed by atoms with E-state index in [1.54, 1.807) is 6.07 Å². The average molecular weight is 303 g/mol. The molecule has 0 spiro atoms. The first-order valence-electron chi connectivity index (χ1n) is 7.04. The van der Waals surface area contributed by atoms with E-state index >= 15 is 0 Å². The van der Waals surface area contributed by atoms with Gasteiger partial charge in [0.1, 0.15) is 18.1 Å². The van der Waals surface area contributed by atoms with E-state index in [9.17, 15) is 4.79 Å². The maximum Gasteiger partial charge on any atom is 0.253 e. The van der Waals surface area contributed by atoms with Crippen LogP contribution in [0.15, 0.2) is 24.3 Å². The predicted molar refractivity (Wildman–Crippen MR) is 80.6 cm³/mol. The highest BCUT2D eigenvalue weighted by atomic mass is 32.1. The van der Waals surface area contributed by atoms with Gasteiger partial charge >= 0.3 is 0 Å². The number of nitrogens with zero attached hydrogens (tertiary/aromatic N) is 3. The highest BCUT2D eigenvalue weighted by Crippen LogP contribution is 2.19. The van der Waals surface area contributed by atoms with E-state index in [1.165, 1.54) is 11.7 Å². The molecule has 0 N–H and O–H groups in total. The molecule has 0 saturated carbocycles. The zero-order valence-electron chi connectivity index (χ0n) is 11.9. The van der Waals surface area contributed by atoms with Gasteiger partial charge in [0.2, 0.25) is 0 Å². The van der Waals surface area contributed by atoms with Crippen molar-refractivity contribution in [1.82, 2.24) is 13.6 Å². The summed E-state index contributed by atoms with van der Waals surface area (Å²) in [5.41, 5.74) is 2.42. The third-order valence-corrected chi connectivity index (χ3v) is 4.25. The number of amides is 1. The molecule has 0 aliphatic carbocycles. The van der Waals surface area contributed by atoms with E-state index < -0.39 is 0 Å². The molecule has 1 aromatic heterocycles. The van der Waals surface area contributed by atoms with Crippen LogP contribution in [0.3, 0.4) is 0 Å². The summed E-state index contributed by atoms with van der Waals surface area (Å²) in [7, 11) is 0. The van der Waals surface area contributed by atoms with Crippen LogP contribution in [-0.2, 0) is 6.61 Å². The minimum absolute atomic E-state index is 0.0875. The standard InChI is InChI=1S/C15H17N3O2S/c1-11-14(17-21-16-11)10-20-13-6-4-5-12(9-13)15(19)18-7-2-3-8-18/h4-6,9H,2-3,7-8,10H2,1H3. The number of hydrogen-bond donors (Lipinski definition) is 0. The molecule has 1 aliphatic rings. The van der Waals surface area contributed by atoms with Gasteiger partial charge in [-0.1, -0.05) is 6.07 Å². The van der Waals surface area contributed by atoms with Crippen molar-refractivity contribution in [1.29, 1.82) is 0 Å². The molecule has 6 heteroatoms. The summed E-state index contributed by atoms with van der Waals surface area (Å²) in [5, 5.41) is 0. The minimum Gasteiger partial charge on any atom is -0.487 e. The summed E-state index contributed by atoms with van der Waals surface area (Å²) in [4.78, 5) is 14.2. The largest absolute Gasteiger partial charge is 0.487 e. The molecule has 1 aromatic carbocycles. The zero-order valence-corrected chi connectivity index (χ0v) is 12.7. The summed E-state index contributed by atoms with van der Waals surface area (Å²) in [6.45, 7) is 4.00. The maximum atomic E-state index is 12.3. The van der Waals surface area contributed by atoms with Crippen molar-refractivity contribution in [2.75, 3.05) is 13.1 Å². The number of hydrogen-bond acceptors (Lipinski definition) is 5. The lowest BCUT2D eigenvalue weighted by Crippen LogP contribution is -2.27. The molecule has 1 saturated heterocycles. The molecule has 0 radical (unpaired) electrons. The van der Waals surface area contributed by atoms with Crippen LogP contribution in [0.4, 0.5) is 0 Å². The summed E-state index contributed by atoms with van der Waals surface area (Å²) in [6.07, 6.45) is 2.19. The van der Waals surface area contributed by atoms with E-state index in [0.717, 1.165) is 37.3 Å². The van der Waals surface area contributed by atoms with Gasteiger partial charge in [-0.15, -0.1) is 0 Å². The maximum absolute atomic E-state index is 12.3. The number of benzene rings is 1. The lowest BCUT2D eigenvalue weighted by Gasteiger charge is -2.15. The molecule has 5 nitrogen and oxygen atoms in total. The molecule has 2 heterocycles. The lowest BCUT2D eigenvalue weighted by molar-refractivity contribution is 0.0792. The van der Waals surface area contributed by atoms with Gasteiger partial charge in [-0.25, -0.2) is 0 Å². The molecule has 3 rings (SSSR count). The molecular formula is C15H17N3O2S.